The normalized spacial score (nSPS) is 10.6. The predicted octanol–water partition coefficient (Wildman–Crippen LogP) is 2.12. The second-order valence-corrected chi connectivity index (χ2v) is 5.97. The molecule has 3 aromatic rings. The summed E-state index contributed by atoms with van der Waals surface area (Å²) in [5.41, 5.74) is 1.03. The molecule has 0 bridgehead atoms. The molecule has 0 saturated carbocycles. The second kappa shape index (κ2) is 10.3. The van der Waals surface area contributed by atoms with Crippen LogP contribution in [0.4, 0.5) is 0 Å². The summed E-state index contributed by atoms with van der Waals surface area (Å²) in [6.45, 7) is 8.00. The topological polar surface area (TPSA) is 75.9 Å². The van der Waals surface area contributed by atoms with Gasteiger partial charge in [-0.25, -0.2) is 9.78 Å². The van der Waals surface area contributed by atoms with E-state index in [2.05, 4.69) is 28.7 Å². The van der Waals surface area contributed by atoms with Gasteiger partial charge in [-0.15, -0.1) is 24.8 Å². The molecule has 1 aromatic carbocycles. The van der Waals surface area contributed by atoms with Gasteiger partial charge < -0.3 is 9.47 Å². The van der Waals surface area contributed by atoms with E-state index in [-0.39, 0.29) is 30.4 Å². The number of likely N-dealkylation sites (N-methyl/N-ethyl adjacent to an activating group) is 1. The van der Waals surface area contributed by atoms with E-state index in [1.54, 1.807) is 6.33 Å². The largest absolute Gasteiger partial charge is 0.330 e. The number of hydrogen-bond donors (Lipinski definition) is 1. The Kier molecular flexibility index (Phi) is 8.75. The monoisotopic (exact) mass is 413 g/mol. The van der Waals surface area contributed by atoms with Crippen molar-refractivity contribution in [2.24, 2.45) is 0 Å². The number of rotatable bonds is 7. The molecule has 0 aliphatic rings. The quantitative estimate of drug-likeness (QED) is 0.643. The second-order valence-electron chi connectivity index (χ2n) is 5.97. The highest BCUT2D eigenvalue weighted by Crippen LogP contribution is 2.09. The van der Waals surface area contributed by atoms with E-state index in [0.29, 0.717) is 24.3 Å². The van der Waals surface area contributed by atoms with Crippen LogP contribution in [0.1, 0.15) is 19.4 Å². The lowest BCUT2D eigenvalue weighted by atomic mass is 10.2. The van der Waals surface area contributed by atoms with Crippen molar-refractivity contribution in [2.75, 3.05) is 19.6 Å². The Morgan fingerprint density at radius 3 is 2.37 bits per heavy atom. The summed E-state index contributed by atoms with van der Waals surface area (Å²) < 4.78 is 3.34. The summed E-state index contributed by atoms with van der Waals surface area (Å²) in [5, 5.41) is 0. The smallest absolute Gasteiger partial charge is 0.323 e. The van der Waals surface area contributed by atoms with E-state index >= 15 is 0 Å². The summed E-state index contributed by atoms with van der Waals surface area (Å²) in [7, 11) is 0. The molecule has 148 valence electrons. The molecule has 27 heavy (non-hydrogen) atoms. The van der Waals surface area contributed by atoms with Crippen LogP contribution in [-0.4, -0.2) is 43.6 Å². The van der Waals surface area contributed by atoms with Gasteiger partial charge in [-0.1, -0.05) is 44.2 Å². The molecule has 2 heterocycles. The Morgan fingerprint density at radius 2 is 1.74 bits per heavy atom. The number of H-pyrrole nitrogens is 1. The first-order valence-corrected chi connectivity index (χ1v) is 8.58. The van der Waals surface area contributed by atoms with E-state index < -0.39 is 5.69 Å². The first kappa shape index (κ1) is 23.0. The van der Waals surface area contributed by atoms with Crippen molar-refractivity contribution in [2.45, 2.75) is 26.9 Å². The summed E-state index contributed by atoms with van der Waals surface area (Å²) >= 11 is 0. The molecule has 0 atom stereocenters. The standard InChI is InChI=1S/C18H23N5O2.2ClH/c1-3-21(4-2)10-11-22-13-19-16-15(22)17(24)20-18(25)23(16)12-14-8-6-5-7-9-14;;/h5-9,13H,3-4,10-12H2,1-2H3,(H,20,24,25);2*1H. The van der Waals surface area contributed by atoms with Gasteiger partial charge in [0.2, 0.25) is 0 Å². The van der Waals surface area contributed by atoms with Crippen LogP contribution >= 0.6 is 24.8 Å². The minimum atomic E-state index is -0.435. The third-order valence-corrected chi connectivity index (χ3v) is 4.49. The van der Waals surface area contributed by atoms with Gasteiger partial charge in [0.05, 0.1) is 12.9 Å². The number of hydrogen-bond acceptors (Lipinski definition) is 4. The number of aromatic amines is 1. The average molecular weight is 414 g/mol. The minimum Gasteiger partial charge on any atom is -0.323 e. The zero-order chi connectivity index (χ0) is 17.8. The van der Waals surface area contributed by atoms with Crippen LogP contribution in [0.3, 0.4) is 0 Å². The number of aromatic nitrogens is 4. The Balaban J connectivity index is 0.00000182. The van der Waals surface area contributed by atoms with Crippen LogP contribution in [0.2, 0.25) is 0 Å². The predicted molar refractivity (Wildman–Crippen MR) is 112 cm³/mol. The van der Waals surface area contributed by atoms with Gasteiger partial charge in [0.1, 0.15) is 0 Å². The van der Waals surface area contributed by atoms with Crippen molar-refractivity contribution in [1.29, 1.82) is 0 Å². The highest BCUT2D eigenvalue weighted by Gasteiger charge is 2.14. The SMILES string of the molecule is CCN(CC)CCn1cnc2c1c(=O)[nH]c(=O)n2Cc1ccccc1.Cl.Cl. The molecule has 0 saturated heterocycles. The van der Waals surface area contributed by atoms with Gasteiger partial charge in [0.25, 0.3) is 5.56 Å². The third-order valence-electron chi connectivity index (χ3n) is 4.49. The number of imidazole rings is 1. The van der Waals surface area contributed by atoms with E-state index in [1.165, 1.54) is 4.57 Å². The van der Waals surface area contributed by atoms with Crippen molar-refractivity contribution in [3.8, 4) is 0 Å². The van der Waals surface area contributed by atoms with Gasteiger partial charge in [-0.2, -0.15) is 0 Å². The van der Waals surface area contributed by atoms with Gasteiger partial charge in [0.15, 0.2) is 11.2 Å². The fourth-order valence-electron chi connectivity index (χ4n) is 2.99. The van der Waals surface area contributed by atoms with E-state index in [0.717, 1.165) is 25.2 Å². The van der Waals surface area contributed by atoms with E-state index in [9.17, 15) is 9.59 Å². The molecule has 9 heteroatoms. The van der Waals surface area contributed by atoms with Crippen molar-refractivity contribution in [3.63, 3.8) is 0 Å². The number of nitrogens with one attached hydrogen (secondary N) is 1. The highest BCUT2D eigenvalue weighted by atomic mass is 35.5. The molecule has 0 radical (unpaired) electrons. The lowest BCUT2D eigenvalue weighted by molar-refractivity contribution is 0.292. The Morgan fingerprint density at radius 1 is 1.07 bits per heavy atom. The fraction of sp³-hybridized carbons (Fsp3) is 0.389. The van der Waals surface area contributed by atoms with Crippen molar-refractivity contribution in [3.05, 3.63) is 63.1 Å². The Hall–Kier alpha value is -2.09. The van der Waals surface area contributed by atoms with Crippen LogP contribution < -0.4 is 11.2 Å². The summed E-state index contributed by atoms with van der Waals surface area (Å²) in [6.07, 6.45) is 1.64. The molecule has 3 rings (SSSR count). The number of nitrogens with zero attached hydrogens (tertiary/aromatic N) is 4. The lowest BCUT2D eigenvalue weighted by Gasteiger charge is -2.18. The van der Waals surface area contributed by atoms with Crippen LogP contribution in [-0.2, 0) is 13.1 Å². The number of benzene rings is 1. The third kappa shape index (κ3) is 5.00. The maximum absolute atomic E-state index is 12.3. The van der Waals surface area contributed by atoms with E-state index in [1.807, 2.05) is 34.9 Å². The molecular formula is C18H25Cl2N5O2. The minimum absolute atomic E-state index is 0. The first-order valence-electron chi connectivity index (χ1n) is 8.58. The van der Waals surface area contributed by atoms with Gasteiger partial charge in [0, 0.05) is 13.1 Å². The number of fused-ring (bicyclic) bond motifs is 1. The first-order chi connectivity index (χ1) is 12.1. The summed E-state index contributed by atoms with van der Waals surface area (Å²) in [6, 6.07) is 9.66. The fourth-order valence-corrected chi connectivity index (χ4v) is 2.99. The van der Waals surface area contributed by atoms with Crippen molar-refractivity contribution < 1.29 is 0 Å². The Labute approximate surface area is 169 Å². The van der Waals surface area contributed by atoms with Crippen LogP contribution in [0.25, 0.3) is 11.2 Å². The van der Waals surface area contributed by atoms with Crippen LogP contribution in [0.5, 0.6) is 0 Å². The van der Waals surface area contributed by atoms with Gasteiger partial charge in [-0.05, 0) is 18.7 Å². The number of halogens is 2. The molecule has 0 spiro atoms. The van der Waals surface area contributed by atoms with Gasteiger partial charge >= 0.3 is 5.69 Å². The lowest BCUT2D eigenvalue weighted by Crippen LogP contribution is -2.32. The molecule has 7 nitrogen and oxygen atoms in total. The van der Waals surface area contributed by atoms with Crippen LogP contribution in [0, 0.1) is 0 Å². The van der Waals surface area contributed by atoms with E-state index in [4.69, 9.17) is 0 Å². The summed E-state index contributed by atoms with van der Waals surface area (Å²) in [5.74, 6) is 0. The molecular weight excluding hydrogens is 389 g/mol. The molecule has 0 aliphatic heterocycles. The zero-order valence-electron chi connectivity index (χ0n) is 15.4. The maximum Gasteiger partial charge on any atom is 0.330 e. The Bertz CT molecular complexity index is 961. The van der Waals surface area contributed by atoms with Crippen molar-refractivity contribution >= 4 is 36.0 Å². The zero-order valence-corrected chi connectivity index (χ0v) is 17.1. The van der Waals surface area contributed by atoms with Crippen molar-refractivity contribution in [1.82, 2.24) is 24.0 Å². The average Bonchev–Trinajstić information content (AvgIpc) is 3.05. The molecule has 0 fully saturated rings. The molecule has 2 aromatic heterocycles. The molecule has 1 N–H and O–H groups in total. The summed E-state index contributed by atoms with van der Waals surface area (Å²) in [4.78, 5) is 33.7. The van der Waals surface area contributed by atoms with Gasteiger partial charge in [-0.3, -0.25) is 14.3 Å². The molecule has 0 amide bonds. The molecule has 0 aliphatic carbocycles. The maximum atomic E-state index is 12.3. The molecule has 0 unspecified atom stereocenters. The highest BCUT2D eigenvalue weighted by molar-refractivity contribution is 5.85. The van der Waals surface area contributed by atoms with Crippen LogP contribution in [0.15, 0.2) is 46.2 Å².